The lowest BCUT2D eigenvalue weighted by Crippen LogP contribution is -2.56. The second kappa shape index (κ2) is 5.30. The maximum atomic E-state index is 9.10. The molecule has 2 rings (SSSR count). The molecule has 0 amide bonds. The van der Waals surface area contributed by atoms with E-state index in [0.29, 0.717) is 5.02 Å². The van der Waals surface area contributed by atoms with Crippen LogP contribution >= 0.6 is 23.4 Å². The summed E-state index contributed by atoms with van der Waals surface area (Å²) in [7, 11) is 0. The first-order valence-electron chi connectivity index (χ1n) is 5.78. The Kier molecular flexibility index (Phi) is 3.98. The fourth-order valence-corrected chi connectivity index (χ4v) is 3.83. The Hall–Kier alpha value is -0.690. The van der Waals surface area contributed by atoms with Crippen molar-refractivity contribution < 1.29 is 0 Å². The summed E-state index contributed by atoms with van der Waals surface area (Å²) in [6, 6.07) is 7.71. The third kappa shape index (κ3) is 2.77. The van der Waals surface area contributed by atoms with Crippen LogP contribution < -0.4 is 5.32 Å². The van der Waals surface area contributed by atoms with Crippen LogP contribution in [0.1, 0.15) is 25.3 Å². The number of nitrogens with one attached hydrogen (secondary N) is 1. The van der Waals surface area contributed by atoms with Crippen LogP contribution in [0.25, 0.3) is 0 Å². The summed E-state index contributed by atoms with van der Waals surface area (Å²) in [6.07, 6.45) is 2.33. The van der Waals surface area contributed by atoms with E-state index in [1.165, 1.54) is 6.42 Å². The SMILES string of the molecule is CCCC1(Sc2cc(Cl)ccc2C#N)CNC1. The normalized spacial score (nSPS) is 17.2. The van der Waals surface area contributed by atoms with Gasteiger partial charge in [-0.25, -0.2) is 0 Å². The zero-order valence-electron chi connectivity index (χ0n) is 9.79. The summed E-state index contributed by atoms with van der Waals surface area (Å²) >= 11 is 7.80. The van der Waals surface area contributed by atoms with Gasteiger partial charge in [-0.05, 0) is 24.6 Å². The van der Waals surface area contributed by atoms with E-state index in [-0.39, 0.29) is 4.75 Å². The zero-order chi connectivity index (χ0) is 12.3. The maximum Gasteiger partial charge on any atom is 0.100 e. The Balaban J connectivity index is 2.23. The van der Waals surface area contributed by atoms with Crippen LogP contribution in [0, 0.1) is 11.3 Å². The number of hydrogen-bond acceptors (Lipinski definition) is 3. The number of nitriles is 1. The summed E-state index contributed by atoms with van der Waals surface area (Å²) in [6.45, 7) is 4.23. The standard InChI is InChI=1S/C13H15ClN2S/c1-2-5-13(8-16-9-13)17-12-6-11(14)4-3-10(12)7-15/h3-4,6,16H,2,5,8-9H2,1H3. The van der Waals surface area contributed by atoms with Crippen LogP contribution in [0.15, 0.2) is 23.1 Å². The van der Waals surface area contributed by atoms with Crippen molar-refractivity contribution in [2.24, 2.45) is 0 Å². The molecular weight excluding hydrogens is 252 g/mol. The van der Waals surface area contributed by atoms with E-state index in [1.807, 2.05) is 6.07 Å². The van der Waals surface area contributed by atoms with Crippen LogP contribution in [0.4, 0.5) is 0 Å². The second-order valence-corrected chi connectivity index (χ2v) is 6.34. The van der Waals surface area contributed by atoms with Crippen LogP contribution in [0.3, 0.4) is 0 Å². The molecule has 1 fully saturated rings. The first-order chi connectivity index (χ1) is 8.19. The molecule has 0 aromatic heterocycles. The van der Waals surface area contributed by atoms with Gasteiger partial charge in [0.2, 0.25) is 0 Å². The summed E-state index contributed by atoms with van der Waals surface area (Å²) in [5.41, 5.74) is 0.724. The molecule has 90 valence electrons. The summed E-state index contributed by atoms with van der Waals surface area (Å²) in [4.78, 5) is 1.01. The van der Waals surface area contributed by atoms with Crippen molar-refractivity contribution >= 4 is 23.4 Å². The average molecular weight is 267 g/mol. The van der Waals surface area contributed by atoms with E-state index in [0.717, 1.165) is 30.0 Å². The molecule has 0 saturated carbocycles. The Bertz CT molecular complexity index is 449. The molecule has 1 N–H and O–H groups in total. The first-order valence-corrected chi connectivity index (χ1v) is 6.98. The van der Waals surface area contributed by atoms with Crippen LogP contribution in [-0.2, 0) is 0 Å². The largest absolute Gasteiger partial charge is 0.314 e. The molecule has 17 heavy (non-hydrogen) atoms. The molecule has 0 atom stereocenters. The number of hydrogen-bond donors (Lipinski definition) is 1. The van der Waals surface area contributed by atoms with Gasteiger partial charge >= 0.3 is 0 Å². The minimum absolute atomic E-state index is 0.255. The predicted octanol–water partition coefficient (Wildman–Crippen LogP) is 3.45. The van der Waals surface area contributed by atoms with Gasteiger partial charge < -0.3 is 5.32 Å². The molecule has 2 nitrogen and oxygen atoms in total. The van der Waals surface area contributed by atoms with Gasteiger partial charge in [0, 0.05) is 27.8 Å². The van der Waals surface area contributed by atoms with Gasteiger partial charge in [0.25, 0.3) is 0 Å². The van der Waals surface area contributed by atoms with E-state index >= 15 is 0 Å². The van der Waals surface area contributed by atoms with Crippen molar-refractivity contribution in [3.05, 3.63) is 28.8 Å². The van der Waals surface area contributed by atoms with Crippen molar-refractivity contribution in [1.29, 1.82) is 5.26 Å². The van der Waals surface area contributed by atoms with Gasteiger partial charge in [0.05, 0.1) is 5.56 Å². The average Bonchev–Trinajstić information content (AvgIpc) is 2.26. The number of benzene rings is 1. The first kappa shape index (κ1) is 12.8. The van der Waals surface area contributed by atoms with E-state index in [9.17, 15) is 0 Å². The van der Waals surface area contributed by atoms with Crippen molar-refractivity contribution in [2.75, 3.05) is 13.1 Å². The van der Waals surface area contributed by atoms with Crippen molar-refractivity contribution in [3.8, 4) is 6.07 Å². The Labute approximate surface area is 111 Å². The molecular formula is C13H15ClN2S. The van der Waals surface area contributed by atoms with Crippen molar-refractivity contribution in [1.82, 2.24) is 5.32 Å². The van der Waals surface area contributed by atoms with Crippen molar-refractivity contribution in [3.63, 3.8) is 0 Å². The minimum Gasteiger partial charge on any atom is -0.314 e. The zero-order valence-corrected chi connectivity index (χ0v) is 11.4. The highest BCUT2D eigenvalue weighted by molar-refractivity contribution is 8.00. The van der Waals surface area contributed by atoms with Gasteiger partial charge in [-0.1, -0.05) is 24.9 Å². The maximum absolute atomic E-state index is 9.10. The molecule has 0 unspecified atom stereocenters. The molecule has 4 heteroatoms. The number of nitrogens with zero attached hydrogens (tertiary/aromatic N) is 1. The molecule has 0 bridgehead atoms. The topological polar surface area (TPSA) is 35.8 Å². The molecule has 0 aliphatic carbocycles. The van der Waals surface area contributed by atoms with Crippen LogP contribution in [0.2, 0.25) is 5.02 Å². The quantitative estimate of drug-likeness (QED) is 0.907. The highest BCUT2D eigenvalue weighted by Crippen LogP contribution is 2.41. The van der Waals surface area contributed by atoms with Gasteiger partial charge in [-0.2, -0.15) is 5.26 Å². The Morgan fingerprint density at radius 1 is 1.53 bits per heavy atom. The Morgan fingerprint density at radius 3 is 2.82 bits per heavy atom. The van der Waals surface area contributed by atoms with Crippen molar-refractivity contribution in [2.45, 2.75) is 29.4 Å². The number of halogens is 1. The van der Waals surface area contributed by atoms with Gasteiger partial charge in [-0.15, -0.1) is 11.8 Å². The smallest absolute Gasteiger partial charge is 0.100 e. The summed E-state index contributed by atoms with van der Waals surface area (Å²) in [5, 5.41) is 13.1. The van der Waals surface area contributed by atoms with E-state index in [1.54, 1.807) is 23.9 Å². The predicted molar refractivity (Wildman–Crippen MR) is 72.5 cm³/mol. The molecule has 1 aromatic rings. The summed E-state index contributed by atoms with van der Waals surface area (Å²) in [5.74, 6) is 0. The second-order valence-electron chi connectivity index (χ2n) is 4.39. The molecule has 1 saturated heterocycles. The highest BCUT2D eigenvalue weighted by atomic mass is 35.5. The molecule has 1 aliphatic rings. The molecule has 0 radical (unpaired) electrons. The van der Waals surface area contributed by atoms with Gasteiger partial charge in [0.1, 0.15) is 6.07 Å². The lowest BCUT2D eigenvalue weighted by atomic mass is 9.97. The van der Waals surface area contributed by atoms with E-state index in [2.05, 4.69) is 18.3 Å². The van der Waals surface area contributed by atoms with E-state index < -0.39 is 0 Å². The molecule has 0 spiro atoms. The van der Waals surface area contributed by atoms with Gasteiger partial charge in [-0.3, -0.25) is 0 Å². The molecule has 1 aromatic carbocycles. The number of rotatable bonds is 4. The lowest BCUT2D eigenvalue weighted by Gasteiger charge is -2.42. The lowest BCUT2D eigenvalue weighted by molar-refractivity contribution is 0.368. The third-order valence-corrected chi connectivity index (χ3v) is 4.71. The van der Waals surface area contributed by atoms with Crippen LogP contribution in [0.5, 0.6) is 0 Å². The van der Waals surface area contributed by atoms with E-state index in [4.69, 9.17) is 16.9 Å². The Morgan fingerprint density at radius 2 is 2.29 bits per heavy atom. The van der Waals surface area contributed by atoms with Crippen LogP contribution in [-0.4, -0.2) is 17.8 Å². The summed E-state index contributed by atoms with van der Waals surface area (Å²) < 4.78 is 0.255. The molecule has 1 aliphatic heterocycles. The number of thioether (sulfide) groups is 1. The fourth-order valence-electron chi connectivity index (χ4n) is 2.07. The minimum atomic E-state index is 0.255. The highest BCUT2D eigenvalue weighted by Gasteiger charge is 2.37. The third-order valence-electron chi connectivity index (χ3n) is 2.99. The van der Waals surface area contributed by atoms with Gasteiger partial charge in [0.15, 0.2) is 0 Å². The fraction of sp³-hybridized carbons (Fsp3) is 0.462. The monoisotopic (exact) mass is 266 g/mol. The molecule has 1 heterocycles.